The van der Waals surface area contributed by atoms with Crippen LogP contribution in [0.2, 0.25) is 0 Å². The SMILES string of the molecule is CNc1cc(C)ncc1C(=O)N1CCc2ccccc21. The van der Waals surface area contributed by atoms with Crippen molar-refractivity contribution in [2.75, 3.05) is 23.8 Å². The van der Waals surface area contributed by atoms with Gasteiger partial charge in [-0.1, -0.05) is 18.2 Å². The first-order chi connectivity index (χ1) is 9.70. The second kappa shape index (κ2) is 4.96. The van der Waals surface area contributed by atoms with Crippen LogP contribution in [0, 0.1) is 6.92 Å². The van der Waals surface area contributed by atoms with E-state index >= 15 is 0 Å². The van der Waals surface area contributed by atoms with Crippen LogP contribution < -0.4 is 10.2 Å². The van der Waals surface area contributed by atoms with Gasteiger partial charge in [0.1, 0.15) is 0 Å². The van der Waals surface area contributed by atoms with Crippen LogP contribution in [0.15, 0.2) is 36.5 Å². The van der Waals surface area contributed by atoms with Crippen molar-refractivity contribution in [2.24, 2.45) is 0 Å². The van der Waals surface area contributed by atoms with E-state index in [1.165, 1.54) is 5.56 Å². The van der Waals surface area contributed by atoms with Crippen LogP contribution in [-0.2, 0) is 6.42 Å². The van der Waals surface area contributed by atoms with Crippen LogP contribution in [0.25, 0.3) is 0 Å². The fraction of sp³-hybridized carbons (Fsp3) is 0.250. The highest BCUT2D eigenvalue weighted by Crippen LogP contribution is 2.30. The Kier molecular flexibility index (Phi) is 3.14. The highest BCUT2D eigenvalue weighted by atomic mass is 16.2. The number of amides is 1. The number of hydrogen-bond acceptors (Lipinski definition) is 3. The van der Waals surface area contributed by atoms with Crippen LogP contribution in [0.5, 0.6) is 0 Å². The van der Waals surface area contributed by atoms with E-state index in [0.29, 0.717) is 5.56 Å². The third-order valence-electron chi connectivity index (χ3n) is 3.67. The third-order valence-corrected chi connectivity index (χ3v) is 3.67. The van der Waals surface area contributed by atoms with E-state index in [1.807, 2.05) is 43.1 Å². The highest BCUT2D eigenvalue weighted by Gasteiger charge is 2.26. The van der Waals surface area contributed by atoms with Gasteiger partial charge in [0.25, 0.3) is 5.91 Å². The Morgan fingerprint density at radius 2 is 2.15 bits per heavy atom. The van der Waals surface area contributed by atoms with Gasteiger partial charge in [-0.05, 0) is 31.0 Å². The maximum Gasteiger partial charge on any atom is 0.261 e. The predicted octanol–water partition coefficient (Wildman–Crippen LogP) is 2.63. The molecule has 3 rings (SSSR count). The number of hydrogen-bond donors (Lipinski definition) is 1. The first kappa shape index (κ1) is 12.7. The summed E-state index contributed by atoms with van der Waals surface area (Å²) >= 11 is 0. The number of pyridine rings is 1. The molecule has 1 aromatic heterocycles. The molecule has 2 heterocycles. The first-order valence-electron chi connectivity index (χ1n) is 6.75. The van der Waals surface area contributed by atoms with E-state index in [-0.39, 0.29) is 5.91 Å². The number of para-hydroxylation sites is 1. The summed E-state index contributed by atoms with van der Waals surface area (Å²) in [6.07, 6.45) is 2.57. The van der Waals surface area contributed by atoms with Gasteiger partial charge in [0.15, 0.2) is 0 Å². The molecule has 4 nitrogen and oxygen atoms in total. The van der Waals surface area contributed by atoms with Gasteiger partial charge in [-0.3, -0.25) is 9.78 Å². The Morgan fingerprint density at radius 3 is 2.95 bits per heavy atom. The average Bonchev–Trinajstić information content (AvgIpc) is 2.90. The van der Waals surface area contributed by atoms with E-state index in [1.54, 1.807) is 6.20 Å². The summed E-state index contributed by atoms with van der Waals surface area (Å²) in [4.78, 5) is 18.8. The van der Waals surface area contributed by atoms with Gasteiger partial charge >= 0.3 is 0 Å². The van der Waals surface area contributed by atoms with E-state index in [0.717, 1.165) is 30.0 Å². The molecule has 0 bridgehead atoms. The highest BCUT2D eigenvalue weighted by molar-refractivity contribution is 6.10. The monoisotopic (exact) mass is 267 g/mol. The molecule has 0 aliphatic carbocycles. The molecule has 1 aliphatic rings. The summed E-state index contributed by atoms with van der Waals surface area (Å²) in [5, 5.41) is 3.08. The van der Waals surface area contributed by atoms with Gasteiger partial charge in [-0.25, -0.2) is 0 Å². The molecule has 0 spiro atoms. The Bertz CT molecular complexity index is 667. The van der Waals surface area contributed by atoms with E-state index < -0.39 is 0 Å². The quantitative estimate of drug-likeness (QED) is 0.909. The van der Waals surface area contributed by atoms with Crippen LogP contribution in [0.1, 0.15) is 21.6 Å². The summed E-state index contributed by atoms with van der Waals surface area (Å²) < 4.78 is 0. The molecule has 2 aromatic rings. The second-order valence-corrected chi connectivity index (χ2v) is 4.96. The standard InChI is InChI=1S/C16H17N3O/c1-11-9-14(17-2)13(10-18-11)16(20)19-8-7-12-5-3-4-6-15(12)19/h3-6,9-10H,7-8H2,1-2H3,(H,17,18). The topological polar surface area (TPSA) is 45.2 Å². The minimum Gasteiger partial charge on any atom is -0.387 e. The minimum absolute atomic E-state index is 0.00630. The molecule has 1 aromatic carbocycles. The largest absolute Gasteiger partial charge is 0.387 e. The number of carbonyl (C=O) groups is 1. The smallest absolute Gasteiger partial charge is 0.261 e. The van der Waals surface area contributed by atoms with Crippen molar-refractivity contribution in [3.05, 3.63) is 53.3 Å². The number of carbonyl (C=O) groups excluding carboxylic acids is 1. The Balaban J connectivity index is 1.99. The molecular formula is C16H17N3O. The number of fused-ring (bicyclic) bond motifs is 1. The van der Waals surface area contributed by atoms with Crippen molar-refractivity contribution < 1.29 is 4.79 Å². The third kappa shape index (κ3) is 2.03. The summed E-state index contributed by atoms with van der Waals surface area (Å²) in [5.74, 6) is 0.00630. The van der Waals surface area contributed by atoms with Crippen molar-refractivity contribution in [1.29, 1.82) is 0 Å². The molecule has 0 fully saturated rings. The van der Waals surface area contributed by atoms with Crippen LogP contribution in [0.3, 0.4) is 0 Å². The zero-order valence-corrected chi connectivity index (χ0v) is 11.7. The Hall–Kier alpha value is -2.36. The maximum absolute atomic E-state index is 12.7. The summed E-state index contributed by atoms with van der Waals surface area (Å²) in [7, 11) is 1.82. The van der Waals surface area contributed by atoms with Crippen LogP contribution in [0.4, 0.5) is 11.4 Å². The van der Waals surface area contributed by atoms with Gasteiger partial charge in [0, 0.05) is 31.2 Å². The normalized spacial score (nSPS) is 13.2. The number of anilines is 2. The van der Waals surface area contributed by atoms with Crippen molar-refractivity contribution >= 4 is 17.3 Å². The lowest BCUT2D eigenvalue weighted by molar-refractivity contribution is 0.0990. The van der Waals surface area contributed by atoms with E-state index in [4.69, 9.17) is 0 Å². The average molecular weight is 267 g/mol. The minimum atomic E-state index is 0.00630. The van der Waals surface area contributed by atoms with E-state index in [2.05, 4.69) is 16.4 Å². The zero-order chi connectivity index (χ0) is 14.1. The summed E-state index contributed by atoms with van der Waals surface area (Å²) in [5.41, 5.74) is 4.58. The van der Waals surface area contributed by atoms with Crippen LogP contribution >= 0.6 is 0 Å². The fourth-order valence-corrected chi connectivity index (χ4v) is 2.63. The molecular weight excluding hydrogens is 250 g/mol. The predicted molar refractivity (Wildman–Crippen MR) is 80.3 cm³/mol. The molecule has 0 saturated carbocycles. The summed E-state index contributed by atoms with van der Waals surface area (Å²) in [6.45, 7) is 2.65. The lowest BCUT2D eigenvalue weighted by Gasteiger charge is -2.19. The molecule has 0 radical (unpaired) electrons. The number of benzene rings is 1. The van der Waals surface area contributed by atoms with Crippen molar-refractivity contribution in [3.8, 4) is 0 Å². The van der Waals surface area contributed by atoms with Crippen molar-refractivity contribution in [2.45, 2.75) is 13.3 Å². The molecule has 1 N–H and O–H groups in total. The van der Waals surface area contributed by atoms with Gasteiger partial charge in [0.2, 0.25) is 0 Å². The number of nitrogens with zero attached hydrogens (tertiary/aromatic N) is 2. The van der Waals surface area contributed by atoms with Crippen molar-refractivity contribution in [3.63, 3.8) is 0 Å². The second-order valence-electron chi connectivity index (χ2n) is 4.96. The molecule has 0 saturated heterocycles. The van der Waals surface area contributed by atoms with Gasteiger partial charge in [0.05, 0.1) is 11.3 Å². The van der Waals surface area contributed by atoms with Crippen molar-refractivity contribution in [1.82, 2.24) is 4.98 Å². The molecule has 1 amide bonds. The number of rotatable bonds is 2. The molecule has 0 unspecified atom stereocenters. The number of aryl methyl sites for hydroxylation is 1. The lowest BCUT2D eigenvalue weighted by Crippen LogP contribution is -2.29. The Labute approximate surface area is 118 Å². The van der Waals surface area contributed by atoms with Gasteiger partial charge in [-0.15, -0.1) is 0 Å². The molecule has 102 valence electrons. The van der Waals surface area contributed by atoms with Gasteiger partial charge in [-0.2, -0.15) is 0 Å². The molecule has 0 atom stereocenters. The summed E-state index contributed by atoms with van der Waals surface area (Å²) in [6, 6.07) is 9.96. The maximum atomic E-state index is 12.7. The number of nitrogens with one attached hydrogen (secondary N) is 1. The molecule has 4 heteroatoms. The van der Waals surface area contributed by atoms with Crippen LogP contribution in [-0.4, -0.2) is 24.5 Å². The molecule has 1 aliphatic heterocycles. The first-order valence-corrected chi connectivity index (χ1v) is 6.75. The zero-order valence-electron chi connectivity index (χ0n) is 11.7. The Morgan fingerprint density at radius 1 is 1.35 bits per heavy atom. The van der Waals surface area contributed by atoms with Gasteiger partial charge < -0.3 is 10.2 Å². The fourth-order valence-electron chi connectivity index (χ4n) is 2.63. The lowest BCUT2D eigenvalue weighted by atomic mass is 10.1. The van der Waals surface area contributed by atoms with E-state index in [9.17, 15) is 4.79 Å². The number of aromatic nitrogens is 1. The molecule has 20 heavy (non-hydrogen) atoms.